The molecule has 0 aliphatic carbocycles. The van der Waals surface area contributed by atoms with Crippen LogP contribution in [0.2, 0.25) is 0 Å². The molecule has 0 aromatic heterocycles. The summed E-state index contributed by atoms with van der Waals surface area (Å²) in [5.74, 6) is 0.150. The summed E-state index contributed by atoms with van der Waals surface area (Å²) in [5, 5.41) is 3.07. The highest BCUT2D eigenvalue weighted by Crippen LogP contribution is 2.42. The van der Waals surface area contributed by atoms with E-state index in [1.54, 1.807) is 0 Å². The third kappa shape index (κ3) is 1.86. The summed E-state index contributed by atoms with van der Waals surface area (Å²) in [6.45, 7) is 8.53. The van der Waals surface area contributed by atoms with Gasteiger partial charge >= 0.3 is 0 Å². The minimum Gasteiger partial charge on any atom is -0.350 e. The number of benzene rings is 1. The molecule has 17 heavy (non-hydrogen) atoms. The van der Waals surface area contributed by atoms with E-state index in [1.165, 1.54) is 11.1 Å². The molecule has 0 bridgehead atoms. The van der Waals surface area contributed by atoms with Crippen LogP contribution >= 0.6 is 0 Å². The van der Waals surface area contributed by atoms with E-state index in [2.05, 4.69) is 57.3 Å². The van der Waals surface area contributed by atoms with Crippen LogP contribution in [0.1, 0.15) is 45.2 Å². The van der Waals surface area contributed by atoms with Crippen LogP contribution in [-0.2, 0) is 16.6 Å². The van der Waals surface area contributed by atoms with Gasteiger partial charge in [0.1, 0.15) is 0 Å². The largest absolute Gasteiger partial charge is 0.350 e. The van der Waals surface area contributed by atoms with E-state index in [-0.39, 0.29) is 16.9 Å². The van der Waals surface area contributed by atoms with Gasteiger partial charge in [-0.05, 0) is 31.4 Å². The number of carbonyl (C=O) groups is 1. The number of carbonyl (C=O) groups excluding carboxylic acids is 1. The molecule has 1 amide bonds. The van der Waals surface area contributed by atoms with Gasteiger partial charge in [0.2, 0.25) is 5.91 Å². The Morgan fingerprint density at radius 2 is 1.76 bits per heavy atom. The second-order valence-electron chi connectivity index (χ2n) is 5.73. The smallest absolute Gasteiger partial charge is 0.221 e. The van der Waals surface area contributed by atoms with Crippen molar-refractivity contribution in [3.8, 4) is 0 Å². The summed E-state index contributed by atoms with van der Waals surface area (Å²) < 4.78 is 0. The average molecular weight is 231 g/mol. The zero-order valence-electron chi connectivity index (χ0n) is 11.1. The van der Waals surface area contributed by atoms with E-state index in [0.29, 0.717) is 6.42 Å². The Labute approximate surface area is 103 Å². The van der Waals surface area contributed by atoms with Crippen LogP contribution in [0.5, 0.6) is 0 Å². The van der Waals surface area contributed by atoms with Crippen molar-refractivity contribution in [2.75, 3.05) is 0 Å². The van der Waals surface area contributed by atoms with Crippen molar-refractivity contribution in [1.82, 2.24) is 5.32 Å². The molecule has 2 rings (SSSR count). The first-order valence-corrected chi connectivity index (χ1v) is 6.29. The summed E-state index contributed by atoms with van der Waals surface area (Å²) in [5.41, 5.74) is 2.29. The molecule has 1 saturated heterocycles. The van der Waals surface area contributed by atoms with Crippen molar-refractivity contribution in [3.05, 3.63) is 35.4 Å². The van der Waals surface area contributed by atoms with E-state index in [1.807, 2.05) is 0 Å². The zero-order chi connectivity index (χ0) is 12.7. The Morgan fingerprint density at radius 3 is 2.18 bits per heavy atom. The lowest BCUT2D eigenvalue weighted by Gasteiger charge is -2.37. The van der Waals surface area contributed by atoms with Crippen LogP contribution in [0.3, 0.4) is 0 Å². The quantitative estimate of drug-likeness (QED) is 0.833. The maximum absolute atomic E-state index is 11.7. The molecule has 2 heteroatoms. The topological polar surface area (TPSA) is 29.1 Å². The number of hydrogen-bond acceptors (Lipinski definition) is 1. The molecule has 1 fully saturated rings. The summed E-state index contributed by atoms with van der Waals surface area (Å²) >= 11 is 0. The standard InChI is InChI=1S/C15H21NO/c1-5-11-6-8-12(9-7-11)15(4)10-13(17)16-14(15,2)3/h6-9H,5,10H2,1-4H3,(H,16,17). The van der Waals surface area contributed by atoms with Gasteiger partial charge in [0, 0.05) is 17.4 Å². The highest BCUT2D eigenvalue weighted by atomic mass is 16.2. The molecule has 2 nitrogen and oxygen atoms in total. The predicted octanol–water partition coefficient (Wildman–Crippen LogP) is 2.81. The molecule has 1 aromatic rings. The molecule has 1 heterocycles. The van der Waals surface area contributed by atoms with E-state index < -0.39 is 0 Å². The Hall–Kier alpha value is -1.31. The van der Waals surface area contributed by atoms with Crippen LogP contribution in [0, 0.1) is 0 Å². The number of rotatable bonds is 2. The van der Waals surface area contributed by atoms with Crippen LogP contribution in [0.25, 0.3) is 0 Å². The number of hydrogen-bond donors (Lipinski definition) is 1. The predicted molar refractivity (Wildman–Crippen MR) is 70.0 cm³/mol. The number of nitrogens with one attached hydrogen (secondary N) is 1. The van der Waals surface area contributed by atoms with E-state index in [0.717, 1.165) is 6.42 Å². The third-order valence-electron chi connectivity index (χ3n) is 4.34. The van der Waals surface area contributed by atoms with E-state index in [4.69, 9.17) is 0 Å². The van der Waals surface area contributed by atoms with Crippen molar-refractivity contribution >= 4 is 5.91 Å². The molecule has 1 aromatic carbocycles. The average Bonchev–Trinajstić information content (AvgIpc) is 2.48. The van der Waals surface area contributed by atoms with Crippen LogP contribution in [-0.4, -0.2) is 11.4 Å². The summed E-state index contributed by atoms with van der Waals surface area (Å²) in [7, 11) is 0. The summed E-state index contributed by atoms with van der Waals surface area (Å²) in [6, 6.07) is 8.67. The summed E-state index contributed by atoms with van der Waals surface area (Å²) in [4.78, 5) is 11.7. The molecule has 0 saturated carbocycles. The fraction of sp³-hybridized carbons (Fsp3) is 0.533. The minimum absolute atomic E-state index is 0.115. The van der Waals surface area contributed by atoms with Gasteiger partial charge in [-0.2, -0.15) is 0 Å². The fourth-order valence-corrected chi connectivity index (χ4v) is 2.64. The number of aryl methyl sites for hydroxylation is 1. The lowest BCUT2D eigenvalue weighted by molar-refractivity contribution is -0.119. The zero-order valence-corrected chi connectivity index (χ0v) is 11.1. The Balaban J connectivity index is 2.40. The molecular weight excluding hydrogens is 210 g/mol. The van der Waals surface area contributed by atoms with Crippen molar-refractivity contribution < 1.29 is 4.79 Å². The molecule has 92 valence electrons. The normalized spacial score (nSPS) is 26.9. The molecular formula is C15H21NO. The van der Waals surface area contributed by atoms with Gasteiger partial charge in [0.15, 0.2) is 0 Å². The first-order valence-electron chi connectivity index (χ1n) is 6.29. The van der Waals surface area contributed by atoms with Crippen LogP contribution in [0.4, 0.5) is 0 Å². The van der Waals surface area contributed by atoms with Gasteiger partial charge in [-0.3, -0.25) is 4.79 Å². The molecule has 1 aliphatic heterocycles. The van der Waals surface area contributed by atoms with Gasteiger partial charge in [-0.15, -0.1) is 0 Å². The lowest BCUT2D eigenvalue weighted by Crippen LogP contribution is -2.48. The SMILES string of the molecule is CCc1ccc(C2(C)CC(=O)NC2(C)C)cc1. The van der Waals surface area contributed by atoms with Gasteiger partial charge in [-0.1, -0.05) is 38.1 Å². The van der Waals surface area contributed by atoms with Crippen molar-refractivity contribution in [2.24, 2.45) is 0 Å². The molecule has 1 aliphatic rings. The van der Waals surface area contributed by atoms with E-state index in [9.17, 15) is 4.79 Å². The fourth-order valence-electron chi connectivity index (χ4n) is 2.64. The first kappa shape index (κ1) is 12.2. The molecule has 1 N–H and O–H groups in total. The molecule has 0 radical (unpaired) electrons. The number of amides is 1. The minimum atomic E-state index is -0.183. The van der Waals surface area contributed by atoms with Crippen molar-refractivity contribution in [2.45, 2.75) is 51.5 Å². The van der Waals surface area contributed by atoms with Crippen molar-refractivity contribution in [1.29, 1.82) is 0 Å². The maximum atomic E-state index is 11.7. The second-order valence-corrected chi connectivity index (χ2v) is 5.73. The van der Waals surface area contributed by atoms with Crippen molar-refractivity contribution in [3.63, 3.8) is 0 Å². The van der Waals surface area contributed by atoms with Gasteiger partial charge < -0.3 is 5.32 Å². The van der Waals surface area contributed by atoms with Gasteiger partial charge in [0.05, 0.1) is 0 Å². The van der Waals surface area contributed by atoms with Gasteiger partial charge in [-0.25, -0.2) is 0 Å². The highest BCUT2D eigenvalue weighted by molar-refractivity contribution is 5.82. The summed E-state index contributed by atoms with van der Waals surface area (Å²) in [6.07, 6.45) is 1.63. The molecule has 1 unspecified atom stereocenters. The van der Waals surface area contributed by atoms with Crippen LogP contribution < -0.4 is 5.32 Å². The monoisotopic (exact) mass is 231 g/mol. The molecule has 0 spiro atoms. The first-order chi connectivity index (χ1) is 7.89. The van der Waals surface area contributed by atoms with E-state index >= 15 is 0 Å². The Morgan fingerprint density at radius 1 is 1.18 bits per heavy atom. The maximum Gasteiger partial charge on any atom is 0.221 e. The highest BCUT2D eigenvalue weighted by Gasteiger charge is 2.50. The Kier molecular flexibility index (Phi) is 2.76. The lowest BCUT2D eigenvalue weighted by atomic mass is 9.69. The Bertz CT molecular complexity index is 433. The third-order valence-corrected chi connectivity index (χ3v) is 4.34. The van der Waals surface area contributed by atoms with Gasteiger partial charge in [0.25, 0.3) is 0 Å². The molecule has 1 atom stereocenters. The second kappa shape index (κ2) is 3.86. The van der Waals surface area contributed by atoms with Crippen LogP contribution in [0.15, 0.2) is 24.3 Å².